The van der Waals surface area contributed by atoms with Crippen molar-refractivity contribution in [1.82, 2.24) is 4.98 Å². The lowest BCUT2D eigenvalue weighted by molar-refractivity contribution is -0.140. The average molecular weight is 339 g/mol. The van der Waals surface area contributed by atoms with Gasteiger partial charge in [0.2, 0.25) is 11.2 Å². The van der Waals surface area contributed by atoms with Crippen LogP contribution >= 0.6 is 0 Å². The molecule has 1 aromatic carbocycles. The summed E-state index contributed by atoms with van der Waals surface area (Å²) < 4.78 is 10.3. The Kier molecular flexibility index (Phi) is 4.52. The number of fused-ring (bicyclic) bond motifs is 1. The van der Waals surface area contributed by atoms with Crippen molar-refractivity contribution in [2.45, 2.75) is 19.3 Å². The van der Waals surface area contributed by atoms with Gasteiger partial charge in [0.15, 0.2) is 5.76 Å². The highest BCUT2D eigenvalue weighted by Gasteiger charge is 2.26. The van der Waals surface area contributed by atoms with E-state index in [-0.39, 0.29) is 12.2 Å². The first kappa shape index (κ1) is 16.7. The number of benzene rings is 1. The normalized spacial score (nSPS) is 12.1. The molecule has 0 aliphatic heterocycles. The van der Waals surface area contributed by atoms with E-state index in [2.05, 4.69) is 4.98 Å². The Morgan fingerprint density at radius 2 is 2.12 bits per heavy atom. The quantitative estimate of drug-likeness (QED) is 0.735. The van der Waals surface area contributed by atoms with Crippen LogP contribution in [-0.4, -0.2) is 23.2 Å². The number of hydrogen-bond donors (Lipinski definition) is 1. The SMILES string of the molecule is COC(=O)CC(c1ccc2ncccc2c1)c1oc(C)cc(=O)c1O. The van der Waals surface area contributed by atoms with Gasteiger partial charge in [0.05, 0.1) is 25.0 Å². The zero-order chi connectivity index (χ0) is 18.0. The second-order valence-corrected chi connectivity index (χ2v) is 5.72. The highest BCUT2D eigenvalue weighted by molar-refractivity contribution is 5.80. The molecule has 6 nitrogen and oxygen atoms in total. The fourth-order valence-corrected chi connectivity index (χ4v) is 2.78. The number of carbonyl (C=O) groups excluding carboxylic acids is 1. The Hall–Kier alpha value is -3.15. The minimum absolute atomic E-state index is 0.0543. The van der Waals surface area contributed by atoms with Crippen molar-refractivity contribution in [3.05, 3.63) is 69.9 Å². The minimum Gasteiger partial charge on any atom is -0.502 e. The second-order valence-electron chi connectivity index (χ2n) is 5.72. The number of nitrogens with zero attached hydrogens (tertiary/aromatic N) is 1. The van der Waals surface area contributed by atoms with E-state index >= 15 is 0 Å². The van der Waals surface area contributed by atoms with Crippen LogP contribution < -0.4 is 5.43 Å². The first-order valence-corrected chi connectivity index (χ1v) is 7.74. The molecule has 0 bridgehead atoms. The van der Waals surface area contributed by atoms with E-state index in [0.29, 0.717) is 5.76 Å². The number of esters is 1. The molecule has 1 unspecified atom stereocenters. The molecule has 1 N–H and O–H groups in total. The Morgan fingerprint density at radius 1 is 1.32 bits per heavy atom. The summed E-state index contributed by atoms with van der Waals surface area (Å²) in [5, 5.41) is 11.1. The summed E-state index contributed by atoms with van der Waals surface area (Å²) in [5.41, 5.74) is 0.976. The lowest BCUT2D eigenvalue weighted by Gasteiger charge is -2.17. The van der Waals surface area contributed by atoms with Gasteiger partial charge in [-0.15, -0.1) is 0 Å². The van der Waals surface area contributed by atoms with Crippen LogP contribution in [0.5, 0.6) is 5.75 Å². The van der Waals surface area contributed by atoms with Crippen LogP contribution in [0, 0.1) is 6.92 Å². The number of ether oxygens (including phenoxy) is 1. The predicted octanol–water partition coefficient (Wildman–Crippen LogP) is 2.90. The van der Waals surface area contributed by atoms with Gasteiger partial charge in [-0.1, -0.05) is 12.1 Å². The Morgan fingerprint density at radius 3 is 2.88 bits per heavy atom. The van der Waals surface area contributed by atoms with Gasteiger partial charge in [-0.25, -0.2) is 0 Å². The molecular formula is C19H17NO5. The number of hydrogen-bond acceptors (Lipinski definition) is 6. The number of pyridine rings is 1. The zero-order valence-corrected chi connectivity index (χ0v) is 13.9. The maximum absolute atomic E-state index is 11.9. The summed E-state index contributed by atoms with van der Waals surface area (Å²) in [6.07, 6.45) is 1.63. The largest absolute Gasteiger partial charge is 0.502 e. The summed E-state index contributed by atoms with van der Waals surface area (Å²) in [5.74, 6) is -1.20. The minimum atomic E-state index is -0.648. The molecule has 3 aromatic rings. The summed E-state index contributed by atoms with van der Waals surface area (Å²) >= 11 is 0. The van der Waals surface area contributed by atoms with E-state index in [0.717, 1.165) is 16.5 Å². The molecule has 6 heteroatoms. The molecule has 0 saturated carbocycles. The number of carbonyl (C=O) groups is 1. The number of methoxy groups -OCH3 is 1. The summed E-state index contributed by atoms with van der Waals surface area (Å²) in [6, 6.07) is 10.4. The van der Waals surface area contributed by atoms with Gasteiger partial charge in [-0.3, -0.25) is 14.6 Å². The van der Waals surface area contributed by atoms with E-state index in [1.54, 1.807) is 19.2 Å². The lowest BCUT2D eigenvalue weighted by atomic mass is 9.91. The molecule has 128 valence electrons. The maximum atomic E-state index is 11.9. The second kappa shape index (κ2) is 6.76. The van der Waals surface area contributed by atoms with Gasteiger partial charge < -0.3 is 14.3 Å². The third-order valence-electron chi connectivity index (χ3n) is 4.02. The van der Waals surface area contributed by atoms with E-state index in [9.17, 15) is 14.7 Å². The van der Waals surface area contributed by atoms with Crippen LogP contribution in [0.4, 0.5) is 0 Å². The molecule has 0 fully saturated rings. The molecule has 2 aromatic heterocycles. The van der Waals surface area contributed by atoms with Crippen molar-refractivity contribution >= 4 is 16.9 Å². The van der Waals surface area contributed by atoms with Crippen molar-refractivity contribution < 1.29 is 19.1 Å². The Balaban J connectivity index is 2.17. The highest BCUT2D eigenvalue weighted by atomic mass is 16.5. The van der Waals surface area contributed by atoms with Crippen molar-refractivity contribution in [3.8, 4) is 5.75 Å². The number of rotatable bonds is 4. The van der Waals surface area contributed by atoms with E-state index in [1.807, 2.05) is 24.3 Å². The molecule has 0 aliphatic rings. The Labute approximate surface area is 143 Å². The summed E-state index contributed by atoms with van der Waals surface area (Å²) in [4.78, 5) is 28.1. The maximum Gasteiger partial charge on any atom is 0.306 e. The first-order chi connectivity index (χ1) is 12.0. The molecule has 0 spiro atoms. The number of aromatic nitrogens is 1. The van der Waals surface area contributed by atoms with Crippen molar-refractivity contribution in [2.24, 2.45) is 0 Å². The van der Waals surface area contributed by atoms with Crippen LogP contribution in [0.15, 0.2) is 51.8 Å². The van der Waals surface area contributed by atoms with Gasteiger partial charge in [0.25, 0.3) is 0 Å². The molecule has 0 amide bonds. The fourth-order valence-electron chi connectivity index (χ4n) is 2.78. The molecule has 0 saturated heterocycles. The van der Waals surface area contributed by atoms with Gasteiger partial charge >= 0.3 is 5.97 Å². The van der Waals surface area contributed by atoms with E-state index in [4.69, 9.17) is 9.15 Å². The highest BCUT2D eigenvalue weighted by Crippen LogP contribution is 2.34. The smallest absolute Gasteiger partial charge is 0.306 e. The van der Waals surface area contributed by atoms with Crippen molar-refractivity contribution in [1.29, 1.82) is 0 Å². The van der Waals surface area contributed by atoms with Crippen LogP contribution in [0.2, 0.25) is 0 Å². The van der Waals surface area contributed by atoms with Gasteiger partial charge in [0, 0.05) is 17.6 Å². The Bertz CT molecular complexity index is 993. The van der Waals surface area contributed by atoms with Crippen molar-refractivity contribution in [2.75, 3.05) is 7.11 Å². The topological polar surface area (TPSA) is 89.6 Å². The molecule has 0 radical (unpaired) electrons. The van der Waals surface area contributed by atoms with Gasteiger partial charge in [-0.05, 0) is 30.7 Å². The third kappa shape index (κ3) is 3.38. The first-order valence-electron chi connectivity index (χ1n) is 7.74. The fraction of sp³-hybridized carbons (Fsp3) is 0.211. The van der Waals surface area contributed by atoms with Crippen LogP contribution in [0.25, 0.3) is 10.9 Å². The van der Waals surface area contributed by atoms with Gasteiger partial charge in [0.1, 0.15) is 5.76 Å². The predicted molar refractivity (Wildman–Crippen MR) is 91.6 cm³/mol. The van der Waals surface area contributed by atoms with Crippen LogP contribution in [-0.2, 0) is 9.53 Å². The monoisotopic (exact) mass is 339 g/mol. The summed E-state index contributed by atoms with van der Waals surface area (Å²) in [7, 11) is 1.29. The van der Waals surface area contributed by atoms with E-state index in [1.165, 1.54) is 13.2 Å². The van der Waals surface area contributed by atoms with Gasteiger partial charge in [-0.2, -0.15) is 0 Å². The number of aromatic hydroxyl groups is 1. The standard InChI is InChI=1S/C19H17NO5/c1-11-8-16(21)18(23)19(25-11)14(10-17(22)24-2)12-5-6-15-13(9-12)4-3-7-20-15/h3-9,14,23H,10H2,1-2H3. The molecule has 1 atom stereocenters. The van der Waals surface area contributed by atoms with Crippen LogP contribution in [0.1, 0.15) is 29.4 Å². The molecular weight excluding hydrogens is 322 g/mol. The number of aryl methyl sites for hydroxylation is 1. The molecule has 2 heterocycles. The average Bonchev–Trinajstić information content (AvgIpc) is 2.62. The molecule has 3 rings (SSSR count). The van der Waals surface area contributed by atoms with E-state index < -0.39 is 23.1 Å². The van der Waals surface area contributed by atoms with Crippen LogP contribution in [0.3, 0.4) is 0 Å². The lowest BCUT2D eigenvalue weighted by Crippen LogP contribution is -2.13. The summed E-state index contributed by atoms with van der Waals surface area (Å²) in [6.45, 7) is 1.61. The molecule has 0 aliphatic carbocycles. The van der Waals surface area contributed by atoms with Crippen molar-refractivity contribution in [3.63, 3.8) is 0 Å². The molecule has 25 heavy (non-hydrogen) atoms. The third-order valence-corrected chi connectivity index (χ3v) is 4.02. The zero-order valence-electron chi connectivity index (χ0n) is 13.9.